The molecule has 0 fully saturated rings. The first-order chi connectivity index (χ1) is 20.6. The summed E-state index contributed by atoms with van der Waals surface area (Å²) in [5.74, 6) is -2.39. The monoisotopic (exact) mass is 756 g/mol. The second-order valence-electron chi connectivity index (χ2n) is 9.28. The summed E-state index contributed by atoms with van der Waals surface area (Å²) in [6.45, 7) is 4.12. The van der Waals surface area contributed by atoms with E-state index in [0.717, 1.165) is 38.5 Å². The minimum Gasteiger partial charge on any atom is -0.467 e. The number of unbranched alkanes of at least 4 members (excludes halogenated alkanes) is 4. The smallest absolute Gasteiger partial charge is 0.328 e. The van der Waals surface area contributed by atoms with Gasteiger partial charge in [-0.2, -0.15) is 0 Å². The summed E-state index contributed by atoms with van der Waals surface area (Å²) >= 11 is 12.6. The third-order valence-electron chi connectivity index (χ3n) is 6.02. The van der Waals surface area contributed by atoms with Crippen LogP contribution in [0.3, 0.4) is 0 Å². The Bertz CT molecular complexity index is 1010. The highest BCUT2D eigenvalue weighted by molar-refractivity contribution is 14.1. The SMILES string of the molecule is CCCCC[C@H](NC(=O)c1ccc(F)cc1)C(=O)CCl.CCCCC[C@H](NC(=O)c1ccc(F)cc1)C(=O)OC.ClCI. The lowest BCUT2D eigenvalue weighted by Gasteiger charge is -2.16. The highest BCUT2D eigenvalue weighted by Gasteiger charge is 2.22. The van der Waals surface area contributed by atoms with Gasteiger partial charge in [0.2, 0.25) is 0 Å². The van der Waals surface area contributed by atoms with Gasteiger partial charge >= 0.3 is 5.97 Å². The number of amides is 2. The number of carbonyl (C=O) groups excluding carboxylic acids is 4. The number of nitrogens with one attached hydrogen (secondary N) is 2. The molecule has 240 valence electrons. The van der Waals surface area contributed by atoms with E-state index in [0.29, 0.717) is 27.9 Å². The summed E-state index contributed by atoms with van der Waals surface area (Å²) in [5.41, 5.74) is 0.644. The van der Waals surface area contributed by atoms with Crippen molar-refractivity contribution in [3.05, 3.63) is 71.3 Å². The van der Waals surface area contributed by atoms with E-state index >= 15 is 0 Å². The van der Waals surface area contributed by atoms with Crippen LogP contribution in [-0.2, 0) is 14.3 Å². The van der Waals surface area contributed by atoms with Crippen LogP contribution in [0.15, 0.2) is 48.5 Å². The number of halogens is 5. The van der Waals surface area contributed by atoms with E-state index in [2.05, 4.69) is 51.8 Å². The van der Waals surface area contributed by atoms with Crippen LogP contribution in [-0.4, -0.2) is 52.5 Å². The molecule has 0 heterocycles. The second-order valence-corrected chi connectivity index (χ2v) is 11.5. The Kier molecular flexibility index (Phi) is 23.7. The van der Waals surface area contributed by atoms with Crippen LogP contribution < -0.4 is 10.6 Å². The van der Waals surface area contributed by atoms with Crippen LogP contribution in [0.1, 0.15) is 85.9 Å². The third-order valence-corrected chi connectivity index (χ3v) is 6.29. The number of carbonyl (C=O) groups is 4. The first-order valence-electron chi connectivity index (χ1n) is 14.0. The van der Waals surface area contributed by atoms with Gasteiger partial charge in [-0.15, -0.1) is 23.2 Å². The van der Waals surface area contributed by atoms with E-state index in [4.69, 9.17) is 23.2 Å². The molecule has 12 heteroatoms. The highest BCUT2D eigenvalue weighted by Crippen LogP contribution is 2.09. The Morgan fingerprint density at radius 1 is 0.744 bits per heavy atom. The average Bonchev–Trinajstić information content (AvgIpc) is 3.00. The van der Waals surface area contributed by atoms with Crippen molar-refractivity contribution < 1.29 is 32.7 Å². The summed E-state index contributed by atoms with van der Waals surface area (Å²) < 4.78 is 31.0. The molecule has 0 aliphatic heterocycles. The van der Waals surface area contributed by atoms with Crippen LogP contribution in [0.5, 0.6) is 0 Å². The number of esters is 1. The Morgan fingerprint density at radius 3 is 1.47 bits per heavy atom. The average molecular weight is 757 g/mol. The largest absolute Gasteiger partial charge is 0.467 e. The molecule has 43 heavy (non-hydrogen) atoms. The van der Waals surface area contributed by atoms with Gasteiger partial charge in [-0.1, -0.05) is 75.0 Å². The molecule has 0 saturated carbocycles. The molecule has 0 aliphatic rings. The van der Waals surface area contributed by atoms with Crippen molar-refractivity contribution in [1.82, 2.24) is 10.6 Å². The molecule has 2 rings (SSSR count). The molecule has 7 nitrogen and oxygen atoms in total. The first-order valence-corrected chi connectivity index (χ1v) is 16.6. The van der Waals surface area contributed by atoms with Gasteiger partial charge in [-0.3, -0.25) is 14.4 Å². The molecule has 2 aromatic carbocycles. The van der Waals surface area contributed by atoms with Crippen LogP contribution >= 0.6 is 45.8 Å². The zero-order valence-corrected chi connectivity index (χ0v) is 28.4. The molecule has 0 saturated heterocycles. The lowest BCUT2D eigenvalue weighted by atomic mass is 10.0. The maximum atomic E-state index is 12.8. The van der Waals surface area contributed by atoms with Gasteiger partial charge in [-0.05, 0) is 61.4 Å². The van der Waals surface area contributed by atoms with Gasteiger partial charge < -0.3 is 15.4 Å². The number of hydrogen-bond donors (Lipinski definition) is 2. The summed E-state index contributed by atoms with van der Waals surface area (Å²) in [4.78, 5) is 47.3. The molecule has 0 unspecified atom stereocenters. The Balaban J connectivity index is 0.000000751. The summed E-state index contributed by atoms with van der Waals surface area (Å²) in [6, 6.07) is 9.14. The van der Waals surface area contributed by atoms with Crippen molar-refractivity contribution in [3.8, 4) is 0 Å². The fourth-order valence-electron chi connectivity index (χ4n) is 3.68. The number of ketones is 1. The molecule has 2 amide bonds. The van der Waals surface area contributed by atoms with Crippen molar-refractivity contribution in [3.63, 3.8) is 0 Å². The molecule has 0 bridgehead atoms. The van der Waals surface area contributed by atoms with E-state index in [-0.39, 0.29) is 17.6 Å². The number of methoxy groups -OCH3 is 1. The van der Waals surface area contributed by atoms with Crippen LogP contribution in [0.25, 0.3) is 0 Å². The van der Waals surface area contributed by atoms with Gasteiger partial charge in [0.15, 0.2) is 5.78 Å². The van der Waals surface area contributed by atoms with Gasteiger partial charge in [0.25, 0.3) is 11.8 Å². The zero-order chi connectivity index (χ0) is 32.6. The maximum absolute atomic E-state index is 12.8. The van der Waals surface area contributed by atoms with Crippen molar-refractivity contribution >= 4 is 69.4 Å². The Labute approximate surface area is 276 Å². The zero-order valence-electron chi connectivity index (χ0n) is 24.8. The molecule has 0 aromatic heterocycles. The standard InChI is InChI=1S/C15H19ClFNO2.C15H20FNO3.CH2ClI/c1-2-3-4-5-13(14(19)10-16)18-15(20)11-6-8-12(17)9-7-11;1-3-4-5-6-13(15(19)20-2)17-14(18)11-7-9-12(16)10-8-11;2-1-3/h6-9,13H,2-5,10H2,1H3,(H,18,20);7-10,13H,3-6H2,1-2H3,(H,17,18);1H2/t2*13-;/m00./s1. The number of Topliss-reactive ketones (excluding diaryl/α,β-unsaturated/α-hetero) is 1. The van der Waals surface area contributed by atoms with Crippen molar-refractivity contribution in [2.24, 2.45) is 0 Å². The molecular formula is C31H41Cl2F2IN2O5. The van der Waals surface area contributed by atoms with Gasteiger partial charge in [0.05, 0.1) is 22.9 Å². The number of hydrogen-bond acceptors (Lipinski definition) is 5. The predicted octanol–water partition coefficient (Wildman–Crippen LogP) is 7.61. The lowest BCUT2D eigenvalue weighted by molar-refractivity contribution is -0.143. The van der Waals surface area contributed by atoms with Crippen LogP contribution in [0.2, 0.25) is 0 Å². The van der Waals surface area contributed by atoms with Crippen LogP contribution in [0.4, 0.5) is 8.78 Å². The molecular weight excluding hydrogens is 716 g/mol. The summed E-state index contributed by atoms with van der Waals surface area (Å²) in [6.07, 6.45) is 6.85. The highest BCUT2D eigenvalue weighted by atomic mass is 127. The fraction of sp³-hybridized carbons (Fsp3) is 0.484. The normalized spacial score (nSPS) is 11.4. The van der Waals surface area contributed by atoms with Crippen molar-refractivity contribution in [1.29, 1.82) is 0 Å². The fourth-order valence-corrected chi connectivity index (χ4v) is 3.87. The predicted molar refractivity (Wildman–Crippen MR) is 176 cm³/mol. The van der Waals surface area contributed by atoms with E-state index in [9.17, 15) is 28.0 Å². The first kappa shape index (κ1) is 40.7. The van der Waals surface area contributed by atoms with Crippen molar-refractivity contribution in [2.45, 2.75) is 77.3 Å². The van der Waals surface area contributed by atoms with Crippen molar-refractivity contribution in [2.75, 3.05) is 16.9 Å². The Morgan fingerprint density at radius 2 is 1.12 bits per heavy atom. The topological polar surface area (TPSA) is 102 Å². The van der Waals surface area contributed by atoms with Gasteiger partial charge in [0, 0.05) is 11.1 Å². The number of benzene rings is 2. The van der Waals surface area contributed by atoms with Gasteiger partial charge in [-0.25, -0.2) is 13.6 Å². The molecule has 0 spiro atoms. The quantitative estimate of drug-likeness (QED) is 0.0844. The molecule has 0 aliphatic carbocycles. The van der Waals surface area contributed by atoms with E-state index < -0.39 is 35.6 Å². The molecule has 2 N–H and O–H groups in total. The minimum atomic E-state index is -0.663. The third kappa shape index (κ3) is 18.2. The number of rotatable bonds is 15. The maximum Gasteiger partial charge on any atom is 0.328 e. The summed E-state index contributed by atoms with van der Waals surface area (Å²) in [5, 5.41) is 5.29. The van der Waals surface area contributed by atoms with Crippen LogP contribution in [0, 0.1) is 11.6 Å². The molecule has 2 aromatic rings. The van der Waals surface area contributed by atoms with Gasteiger partial charge in [0.1, 0.15) is 17.7 Å². The number of alkyl halides is 3. The molecule has 2 atom stereocenters. The molecule has 0 radical (unpaired) electrons. The Hall–Kier alpha value is -2.31. The van der Waals surface area contributed by atoms with E-state index in [1.54, 1.807) is 0 Å². The summed E-state index contributed by atoms with van der Waals surface area (Å²) in [7, 11) is 1.29. The number of ether oxygens (including phenoxy) is 1. The minimum absolute atomic E-state index is 0.125. The van der Waals surface area contributed by atoms with E-state index in [1.807, 2.05) is 0 Å². The lowest BCUT2D eigenvalue weighted by Crippen LogP contribution is -2.41. The van der Waals surface area contributed by atoms with E-state index in [1.165, 1.54) is 55.6 Å². The second kappa shape index (κ2) is 25.1.